The third kappa shape index (κ3) is 1.11. The number of aliphatic hydroxyl groups is 1. The number of thioether (sulfide) groups is 1. The molecule has 0 saturated heterocycles. The summed E-state index contributed by atoms with van der Waals surface area (Å²) in [5, 5.41) is 8.99. The van der Waals surface area contributed by atoms with Crippen LogP contribution in [-0.4, -0.2) is 15.3 Å². The zero-order chi connectivity index (χ0) is 11.6. The average molecular weight is 259 g/mol. The van der Waals surface area contributed by atoms with E-state index in [0.717, 1.165) is 11.8 Å². The summed E-state index contributed by atoms with van der Waals surface area (Å²) >= 11 is 6.60. The van der Waals surface area contributed by atoms with Crippen LogP contribution >= 0.6 is 23.4 Å². The number of amidine groups is 1. The number of nitrogens with zero attached hydrogens (tertiary/aromatic N) is 1. The number of hydrogen-bond donors (Lipinski definition) is 2. The molecule has 0 amide bonds. The largest absolute Gasteiger partial charge is 0.378 e. The summed E-state index contributed by atoms with van der Waals surface area (Å²) in [6.07, 6.45) is 0.0637. The first-order valence-corrected chi connectivity index (χ1v) is 5.89. The molecule has 3 N–H and O–H groups in total. The number of halogens is 2. The molecule has 84 valence electrons. The van der Waals surface area contributed by atoms with Crippen LogP contribution in [0.3, 0.4) is 0 Å². The first kappa shape index (κ1) is 10.4. The summed E-state index contributed by atoms with van der Waals surface area (Å²) in [6, 6.07) is 4.86. The highest BCUT2D eigenvalue weighted by molar-refractivity contribution is 8.15. The van der Waals surface area contributed by atoms with Gasteiger partial charge in [0.2, 0.25) is 10.7 Å². The lowest BCUT2D eigenvalue weighted by Gasteiger charge is -2.25. The number of alkyl halides is 1. The van der Waals surface area contributed by atoms with Crippen LogP contribution < -0.4 is 5.73 Å². The Morgan fingerprint density at radius 3 is 3.06 bits per heavy atom. The van der Waals surface area contributed by atoms with Gasteiger partial charge in [-0.1, -0.05) is 17.7 Å². The molecule has 16 heavy (non-hydrogen) atoms. The third-order valence-electron chi connectivity index (χ3n) is 2.92. The Hall–Kier alpha value is -0.780. The molecule has 1 aromatic carbocycles. The van der Waals surface area contributed by atoms with Gasteiger partial charge < -0.3 is 10.8 Å². The fourth-order valence-corrected chi connectivity index (χ4v) is 3.45. The molecular formula is C10H8ClFN2OS. The molecule has 0 fully saturated rings. The zero-order valence-electron chi connectivity index (χ0n) is 8.08. The second-order valence-electron chi connectivity index (χ2n) is 3.93. The number of benzene rings is 1. The van der Waals surface area contributed by atoms with Gasteiger partial charge in [-0.15, -0.1) is 0 Å². The van der Waals surface area contributed by atoms with Crippen LogP contribution in [0.5, 0.6) is 0 Å². The smallest absolute Gasteiger partial charge is 0.230 e. The Balaban J connectivity index is 2.23. The molecule has 1 aliphatic heterocycles. The summed E-state index contributed by atoms with van der Waals surface area (Å²) in [6.45, 7) is 0. The molecule has 3 nitrogen and oxygen atoms in total. The quantitative estimate of drug-likeness (QED) is 0.746. The van der Waals surface area contributed by atoms with Gasteiger partial charge in [-0.05, 0) is 29.5 Å². The van der Waals surface area contributed by atoms with Crippen LogP contribution in [-0.2, 0) is 12.1 Å². The first-order valence-electron chi connectivity index (χ1n) is 4.69. The summed E-state index contributed by atoms with van der Waals surface area (Å²) < 4.78 is 14.5. The van der Waals surface area contributed by atoms with Crippen LogP contribution in [0.25, 0.3) is 0 Å². The van der Waals surface area contributed by atoms with Gasteiger partial charge in [0.05, 0.1) is 0 Å². The highest BCUT2D eigenvalue weighted by Crippen LogP contribution is 2.57. The third-order valence-corrected chi connectivity index (χ3v) is 4.21. The molecule has 1 aromatic rings. The van der Waals surface area contributed by atoms with Crippen molar-refractivity contribution in [2.75, 3.05) is 0 Å². The topological polar surface area (TPSA) is 58.6 Å². The Labute approximate surface area is 101 Å². The minimum absolute atomic E-state index is 0.0637. The van der Waals surface area contributed by atoms with Gasteiger partial charge in [-0.3, -0.25) is 0 Å². The van der Waals surface area contributed by atoms with Crippen molar-refractivity contribution in [2.45, 2.75) is 17.1 Å². The number of rotatable bonds is 0. The predicted octanol–water partition coefficient (Wildman–Crippen LogP) is 1.77. The lowest BCUT2D eigenvalue weighted by molar-refractivity contribution is -0.0346. The molecule has 1 aliphatic carbocycles. The molecule has 2 unspecified atom stereocenters. The van der Waals surface area contributed by atoms with Crippen molar-refractivity contribution in [3.05, 3.63) is 34.3 Å². The zero-order valence-corrected chi connectivity index (χ0v) is 9.65. The second-order valence-corrected chi connectivity index (χ2v) is 5.64. The van der Waals surface area contributed by atoms with Crippen LogP contribution in [0.2, 0.25) is 5.02 Å². The number of nitrogens with two attached hydrogens (primary N) is 1. The van der Waals surface area contributed by atoms with E-state index >= 15 is 0 Å². The molecule has 0 saturated carbocycles. The maximum atomic E-state index is 14.5. The van der Waals surface area contributed by atoms with E-state index in [4.69, 9.17) is 17.3 Å². The average Bonchev–Trinajstić information content (AvgIpc) is 2.47. The molecule has 0 bridgehead atoms. The van der Waals surface area contributed by atoms with E-state index in [0.29, 0.717) is 16.1 Å². The fraction of sp³-hybridized carbons (Fsp3) is 0.300. The van der Waals surface area contributed by atoms with Crippen LogP contribution in [0, 0.1) is 0 Å². The van der Waals surface area contributed by atoms with Gasteiger partial charge in [0, 0.05) is 17.0 Å². The van der Waals surface area contributed by atoms with Crippen LogP contribution in [0.15, 0.2) is 23.2 Å². The minimum atomic E-state index is -1.90. The molecular weight excluding hydrogens is 251 g/mol. The highest BCUT2D eigenvalue weighted by atomic mass is 35.5. The standard InChI is InChI=1S/C10H8ClFN2OS/c11-6-1-2-7-5(3-6)4-9(12)10(7,15)14-8(13)16-9/h1-3,15H,4H2,(H2,13,14). The maximum absolute atomic E-state index is 14.5. The SMILES string of the molecule is NC1=NC2(O)c3ccc(Cl)cc3CC2(F)S1. The fourth-order valence-electron chi connectivity index (χ4n) is 2.22. The van der Waals surface area contributed by atoms with Gasteiger partial charge in [0.1, 0.15) is 0 Å². The second kappa shape index (κ2) is 2.91. The van der Waals surface area contributed by atoms with Crippen molar-refractivity contribution in [1.82, 2.24) is 0 Å². The molecule has 3 rings (SSSR count). The Morgan fingerprint density at radius 1 is 1.56 bits per heavy atom. The van der Waals surface area contributed by atoms with Gasteiger partial charge >= 0.3 is 0 Å². The van der Waals surface area contributed by atoms with Crippen molar-refractivity contribution in [3.63, 3.8) is 0 Å². The molecule has 6 heteroatoms. The lowest BCUT2D eigenvalue weighted by atomic mass is 10.1. The summed E-state index contributed by atoms with van der Waals surface area (Å²) in [5.74, 6) is 0. The lowest BCUT2D eigenvalue weighted by Crippen LogP contribution is -2.37. The van der Waals surface area contributed by atoms with Crippen LogP contribution in [0.1, 0.15) is 11.1 Å². The predicted molar refractivity (Wildman–Crippen MR) is 62.1 cm³/mol. The van der Waals surface area contributed by atoms with E-state index in [1.165, 1.54) is 0 Å². The van der Waals surface area contributed by atoms with Gasteiger partial charge in [0.25, 0.3) is 0 Å². The van der Waals surface area contributed by atoms with Crippen molar-refractivity contribution in [3.8, 4) is 0 Å². The van der Waals surface area contributed by atoms with Crippen molar-refractivity contribution >= 4 is 28.5 Å². The van der Waals surface area contributed by atoms with E-state index in [1.807, 2.05) is 0 Å². The van der Waals surface area contributed by atoms with E-state index in [9.17, 15) is 9.50 Å². The Kier molecular flexibility index (Phi) is 1.89. The van der Waals surface area contributed by atoms with Gasteiger partial charge in [-0.25, -0.2) is 9.38 Å². The van der Waals surface area contributed by atoms with Crippen molar-refractivity contribution in [2.24, 2.45) is 10.7 Å². The number of fused-ring (bicyclic) bond motifs is 3. The molecule has 1 heterocycles. The van der Waals surface area contributed by atoms with E-state index in [2.05, 4.69) is 4.99 Å². The van der Waals surface area contributed by atoms with Crippen molar-refractivity contribution < 1.29 is 9.50 Å². The first-order chi connectivity index (χ1) is 7.45. The minimum Gasteiger partial charge on any atom is -0.378 e. The Morgan fingerprint density at radius 2 is 2.31 bits per heavy atom. The molecule has 0 radical (unpaired) electrons. The molecule has 0 aromatic heterocycles. The molecule has 0 spiro atoms. The van der Waals surface area contributed by atoms with Gasteiger partial charge in [0.15, 0.2) is 5.17 Å². The highest BCUT2D eigenvalue weighted by Gasteiger charge is 2.63. The molecule has 2 aliphatic rings. The summed E-state index contributed by atoms with van der Waals surface area (Å²) in [4.78, 5) is 3.82. The van der Waals surface area contributed by atoms with E-state index in [1.54, 1.807) is 18.2 Å². The Bertz CT molecular complexity index is 524. The maximum Gasteiger partial charge on any atom is 0.230 e. The summed E-state index contributed by atoms with van der Waals surface area (Å²) in [5.41, 5.74) is 4.74. The van der Waals surface area contributed by atoms with E-state index < -0.39 is 10.7 Å². The monoisotopic (exact) mass is 258 g/mol. The van der Waals surface area contributed by atoms with Crippen LogP contribution in [0.4, 0.5) is 4.39 Å². The molecule has 2 atom stereocenters. The normalized spacial score (nSPS) is 35.8. The summed E-state index contributed by atoms with van der Waals surface area (Å²) in [7, 11) is 0. The van der Waals surface area contributed by atoms with E-state index in [-0.39, 0.29) is 11.6 Å². The van der Waals surface area contributed by atoms with Crippen molar-refractivity contribution in [1.29, 1.82) is 0 Å². The number of hydrogen-bond acceptors (Lipinski definition) is 4. The number of aliphatic imine (C=N–C) groups is 1. The van der Waals surface area contributed by atoms with Gasteiger partial charge in [-0.2, -0.15) is 0 Å².